The van der Waals surface area contributed by atoms with Crippen molar-refractivity contribution >= 4 is 28.7 Å². The van der Waals surface area contributed by atoms with Gasteiger partial charge in [-0.2, -0.15) is 0 Å². The Morgan fingerprint density at radius 1 is 1.50 bits per heavy atom. The zero-order chi connectivity index (χ0) is 14.1. The highest BCUT2D eigenvalue weighted by atomic mass is 32.1. The quantitative estimate of drug-likeness (QED) is 0.806. The van der Waals surface area contributed by atoms with Gasteiger partial charge in [-0.15, -0.1) is 11.3 Å². The summed E-state index contributed by atoms with van der Waals surface area (Å²) in [5.74, 6) is -0.541. The average molecular weight is 291 g/mol. The van der Waals surface area contributed by atoms with E-state index >= 15 is 0 Å². The minimum atomic E-state index is -0.322. The second kappa shape index (κ2) is 5.25. The molecular formula is C15H14FNO2S. The number of fused-ring (bicyclic) bond motifs is 1. The van der Waals surface area contributed by atoms with Crippen LogP contribution in [0.1, 0.15) is 22.2 Å². The Morgan fingerprint density at radius 2 is 2.35 bits per heavy atom. The molecule has 1 aromatic heterocycles. The topological polar surface area (TPSA) is 29.5 Å². The van der Waals surface area contributed by atoms with Crippen LogP contribution in [0.15, 0.2) is 29.6 Å². The number of rotatable bonds is 3. The van der Waals surface area contributed by atoms with Crippen LogP contribution in [0.5, 0.6) is 0 Å². The Labute approximate surface area is 120 Å². The predicted octanol–water partition coefficient (Wildman–Crippen LogP) is 3.76. The molecule has 20 heavy (non-hydrogen) atoms. The molecule has 0 aliphatic carbocycles. The van der Waals surface area contributed by atoms with E-state index in [0.717, 1.165) is 24.2 Å². The molecule has 0 saturated heterocycles. The van der Waals surface area contributed by atoms with Crippen molar-refractivity contribution in [2.24, 2.45) is 0 Å². The number of anilines is 2. The molecule has 0 unspecified atom stereocenters. The number of carbonyl (C=O) groups is 1. The molecule has 0 N–H and O–H groups in total. The lowest BCUT2D eigenvalue weighted by Crippen LogP contribution is -2.13. The van der Waals surface area contributed by atoms with Gasteiger partial charge in [-0.1, -0.05) is 12.1 Å². The largest absolute Gasteiger partial charge is 0.462 e. The van der Waals surface area contributed by atoms with Crippen LogP contribution in [0.3, 0.4) is 0 Å². The van der Waals surface area contributed by atoms with Gasteiger partial charge >= 0.3 is 5.97 Å². The summed E-state index contributed by atoms with van der Waals surface area (Å²) >= 11 is 1.33. The third kappa shape index (κ3) is 2.18. The van der Waals surface area contributed by atoms with Gasteiger partial charge in [0.1, 0.15) is 10.7 Å². The maximum absolute atomic E-state index is 14.0. The van der Waals surface area contributed by atoms with Crippen LogP contribution in [0.25, 0.3) is 0 Å². The molecule has 1 aliphatic heterocycles. The van der Waals surface area contributed by atoms with Crippen molar-refractivity contribution in [3.05, 3.63) is 45.9 Å². The number of nitrogens with zero attached hydrogens (tertiary/aromatic N) is 1. The van der Waals surface area contributed by atoms with Crippen LogP contribution >= 0.6 is 11.3 Å². The van der Waals surface area contributed by atoms with Gasteiger partial charge < -0.3 is 9.64 Å². The lowest BCUT2D eigenvalue weighted by Gasteiger charge is -2.18. The van der Waals surface area contributed by atoms with Crippen molar-refractivity contribution in [1.82, 2.24) is 0 Å². The molecule has 2 heterocycles. The predicted molar refractivity (Wildman–Crippen MR) is 77.4 cm³/mol. The highest BCUT2D eigenvalue weighted by Crippen LogP contribution is 2.38. The summed E-state index contributed by atoms with van der Waals surface area (Å²) in [6.07, 6.45) is 0.817. The Morgan fingerprint density at radius 3 is 3.15 bits per heavy atom. The molecule has 1 aliphatic rings. The van der Waals surface area contributed by atoms with Crippen LogP contribution < -0.4 is 4.90 Å². The SMILES string of the molecule is CCOC(=O)c1cc(N2CCc3cccc(F)c32)cs1. The highest BCUT2D eigenvalue weighted by molar-refractivity contribution is 7.12. The van der Waals surface area contributed by atoms with Gasteiger partial charge in [0.25, 0.3) is 0 Å². The second-order valence-corrected chi connectivity index (χ2v) is 5.45. The zero-order valence-electron chi connectivity index (χ0n) is 11.1. The third-order valence-corrected chi connectivity index (χ3v) is 4.22. The first kappa shape index (κ1) is 13.1. The van der Waals surface area contributed by atoms with E-state index in [1.807, 2.05) is 16.3 Å². The van der Waals surface area contributed by atoms with Gasteiger partial charge in [-0.25, -0.2) is 9.18 Å². The molecule has 1 aromatic carbocycles. The van der Waals surface area contributed by atoms with Gasteiger partial charge in [0.05, 0.1) is 18.0 Å². The molecule has 2 aromatic rings. The third-order valence-electron chi connectivity index (χ3n) is 3.32. The summed E-state index contributed by atoms with van der Waals surface area (Å²) in [5, 5.41) is 1.87. The van der Waals surface area contributed by atoms with E-state index in [1.165, 1.54) is 17.4 Å². The standard InChI is InChI=1S/C15H14FNO2S/c1-2-19-15(18)13-8-11(9-20-13)17-7-6-10-4-3-5-12(16)14(10)17/h3-5,8-9H,2,6-7H2,1H3. The fraction of sp³-hybridized carbons (Fsp3) is 0.267. The van der Waals surface area contributed by atoms with Gasteiger partial charge in [0, 0.05) is 11.9 Å². The van der Waals surface area contributed by atoms with E-state index < -0.39 is 0 Å². The molecule has 0 atom stereocenters. The molecule has 0 fully saturated rings. The van der Waals surface area contributed by atoms with Crippen molar-refractivity contribution in [2.75, 3.05) is 18.1 Å². The van der Waals surface area contributed by atoms with Gasteiger partial charge in [-0.05, 0) is 31.0 Å². The van der Waals surface area contributed by atoms with Crippen molar-refractivity contribution in [2.45, 2.75) is 13.3 Å². The maximum Gasteiger partial charge on any atom is 0.348 e. The Kier molecular flexibility index (Phi) is 3.44. The molecule has 0 radical (unpaired) electrons. The molecule has 3 rings (SSSR count). The van der Waals surface area contributed by atoms with Crippen molar-refractivity contribution in [3.8, 4) is 0 Å². The lowest BCUT2D eigenvalue weighted by molar-refractivity contribution is 0.0532. The molecule has 0 spiro atoms. The van der Waals surface area contributed by atoms with Crippen LogP contribution in [-0.4, -0.2) is 19.1 Å². The summed E-state index contributed by atoms with van der Waals surface area (Å²) in [6.45, 7) is 2.86. The van der Waals surface area contributed by atoms with Crippen molar-refractivity contribution in [3.63, 3.8) is 0 Å². The smallest absolute Gasteiger partial charge is 0.348 e. The highest BCUT2D eigenvalue weighted by Gasteiger charge is 2.25. The maximum atomic E-state index is 14.0. The Balaban J connectivity index is 1.91. The number of esters is 1. The molecule has 0 amide bonds. The van der Waals surface area contributed by atoms with Crippen LogP contribution in [0, 0.1) is 5.82 Å². The molecular weight excluding hydrogens is 277 g/mol. The number of para-hydroxylation sites is 1. The summed E-state index contributed by atoms with van der Waals surface area (Å²) < 4.78 is 19.0. The second-order valence-electron chi connectivity index (χ2n) is 4.54. The van der Waals surface area contributed by atoms with Crippen molar-refractivity contribution in [1.29, 1.82) is 0 Å². The minimum absolute atomic E-state index is 0.219. The fourth-order valence-electron chi connectivity index (χ4n) is 2.44. The first-order chi connectivity index (χ1) is 9.70. The van der Waals surface area contributed by atoms with E-state index in [1.54, 1.807) is 19.1 Å². The molecule has 0 saturated carbocycles. The van der Waals surface area contributed by atoms with E-state index in [-0.39, 0.29) is 11.8 Å². The first-order valence-electron chi connectivity index (χ1n) is 6.51. The number of hydrogen-bond donors (Lipinski definition) is 0. The molecule has 104 valence electrons. The Bertz CT molecular complexity index is 653. The van der Waals surface area contributed by atoms with Gasteiger partial charge in [0.2, 0.25) is 0 Å². The van der Waals surface area contributed by atoms with Crippen LogP contribution in [0.2, 0.25) is 0 Å². The minimum Gasteiger partial charge on any atom is -0.462 e. The van der Waals surface area contributed by atoms with E-state index in [9.17, 15) is 9.18 Å². The number of benzene rings is 1. The number of thiophene rings is 1. The average Bonchev–Trinajstić information content (AvgIpc) is 3.05. The number of carbonyl (C=O) groups excluding carboxylic acids is 1. The summed E-state index contributed by atoms with van der Waals surface area (Å²) in [4.78, 5) is 14.1. The van der Waals surface area contributed by atoms with E-state index in [0.29, 0.717) is 17.2 Å². The molecule has 5 heteroatoms. The van der Waals surface area contributed by atoms with E-state index in [4.69, 9.17) is 4.74 Å². The summed E-state index contributed by atoms with van der Waals surface area (Å²) in [6, 6.07) is 6.91. The van der Waals surface area contributed by atoms with Crippen LogP contribution in [0.4, 0.5) is 15.8 Å². The summed E-state index contributed by atoms with van der Waals surface area (Å²) in [7, 11) is 0. The summed E-state index contributed by atoms with van der Waals surface area (Å²) in [5.41, 5.74) is 2.48. The van der Waals surface area contributed by atoms with Gasteiger partial charge in [-0.3, -0.25) is 0 Å². The molecule has 0 bridgehead atoms. The number of halogens is 1. The monoisotopic (exact) mass is 291 g/mol. The molecule has 3 nitrogen and oxygen atoms in total. The van der Waals surface area contributed by atoms with E-state index in [2.05, 4.69) is 0 Å². The van der Waals surface area contributed by atoms with Gasteiger partial charge in [0.15, 0.2) is 0 Å². The first-order valence-corrected chi connectivity index (χ1v) is 7.39. The normalized spacial score (nSPS) is 13.4. The van der Waals surface area contributed by atoms with Crippen molar-refractivity contribution < 1.29 is 13.9 Å². The lowest BCUT2D eigenvalue weighted by atomic mass is 10.1. The number of hydrogen-bond acceptors (Lipinski definition) is 4. The number of ether oxygens (including phenoxy) is 1. The fourth-order valence-corrected chi connectivity index (χ4v) is 3.23. The zero-order valence-corrected chi connectivity index (χ0v) is 11.9. The van der Waals surface area contributed by atoms with Crippen LogP contribution in [-0.2, 0) is 11.2 Å². The Hall–Kier alpha value is -1.88.